The lowest BCUT2D eigenvalue weighted by atomic mass is 9.77. The Morgan fingerprint density at radius 2 is 1.67 bits per heavy atom. The molecule has 0 fully saturated rings. The van der Waals surface area contributed by atoms with E-state index < -0.39 is 5.41 Å². The summed E-state index contributed by atoms with van der Waals surface area (Å²) < 4.78 is 0. The van der Waals surface area contributed by atoms with Crippen molar-refractivity contribution in [2.24, 2.45) is 5.41 Å². The van der Waals surface area contributed by atoms with Gasteiger partial charge in [-0.15, -0.1) is 0 Å². The van der Waals surface area contributed by atoms with Crippen molar-refractivity contribution in [1.29, 1.82) is 0 Å². The van der Waals surface area contributed by atoms with E-state index in [4.69, 9.17) is 0 Å². The van der Waals surface area contributed by atoms with Gasteiger partial charge in [0.2, 0.25) is 0 Å². The smallest absolute Gasteiger partial charge is 0.143 e. The Kier molecular flexibility index (Phi) is 4.79. The maximum Gasteiger partial charge on any atom is 0.143 e. The van der Waals surface area contributed by atoms with Gasteiger partial charge >= 0.3 is 0 Å². The molecule has 0 rings (SSSR count). The second kappa shape index (κ2) is 5.07. The molecule has 0 aliphatic rings. The molecular weight excluding hydrogens is 152 g/mol. The normalized spacial score (nSPS) is 11.2. The highest BCUT2D eigenvalue weighted by atomic mass is 16.1. The highest BCUT2D eigenvalue weighted by Gasteiger charge is 2.32. The van der Waals surface area contributed by atoms with Gasteiger partial charge in [0.05, 0.1) is 5.41 Å². The number of aldehydes is 1. The zero-order valence-electron chi connectivity index (χ0n) is 8.22. The van der Waals surface area contributed by atoms with Crippen molar-refractivity contribution in [3.05, 3.63) is 0 Å². The van der Waals surface area contributed by atoms with Crippen molar-refractivity contribution >= 4 is 12.1 Å². The number of hydrogen-bond acceptors (Lipinski definition) is 2. The average Bonchev–Trinajstić information content (AvgIpc) is 2.03. The molecular formula is C10H18O2. The lowest BCUT2D eigenvalue weighted by Gasteiger charge is -2.23. The third-order valence-corrected chi connectivity index (χ3v) is 2.32. The molecule has 0 aromatic carbocycles. The van der Waals surface area contributed by atoms with Crippen LogP contribution in [0.3, 0.4) is 0 Å². The molecule has 2 heteroatoms. The zero-order valence-corrected chi connectivity index (χ0v) is 8.22. The Hall–Kier alpha value is -0.660. The van der Waals surface area contributed by atoms with Gasteiger partial charge < -0.3 is 4.79 Å². The maximum absolute atomic E-state index is 11.2. The minimum atomic E-state index is -0.677. The molecule has 0 spiro atoms. The number of ketones is 1. The molecule has 0 aliphatic heterocycles. The number of carbonyl (C=O) groups is 2. The number of carbonyl (C=O) groups excluding carboxylic acids is 2. The first-order chi connectivity index (χ1) is 5.63. The highest BCUT2D eigenvalue weighted by Crippen LogP contribution is 2.28. The third kappa shape index (κ3) is 2.43. The molecule has 0 amide bonds. The van der Waals surface area contributed by atoms with Gasteiger partial charge in [-0.1, -0.05) is 26.7 Å². The Morgan fingerprint density at radius 3 is 1.83 bits per heavy atom. The van der Waals surface area contributed by atoms with E-state index in [9.17, 15) is 9.59 Å². The number of Topliss-reactive ketones (excluding diaryl/α,β-unsaturated/α-hetero) is 1. The Bertz CT molecular complexity index is 155. The second-order valence-corrected chi connectivity index (χ2v) is 3.33. The summed E-state index contributed by atoms with van der Waals surface area (Å²) in [6.45, 7) is 5.51. The standard InChI is InChI=1S/C10H18O2/c1-4-6-10(8-11,7-5-2)9(3)12/h8H,4-7H2,1-3H3. The van der Waals surface area contributed by atoms with Crippen LogP contribution in [0.1, 0.15) is 46.5 Å². The fourth-order valence-corrected chi connectivity index (χ4v) is 1.57. The van der Waals surface area contributed by atoms with E-state index in [1.807, 2.05) is 13.8 Å². The topological polar surface area (TPSA) is 34.1 Å². The van der Waals surface area contributed by atoms with E-state index in [0.29, 0.717) is 12.8 Å². The first-order valence-corrected chi connectivity index (χ1v) is 4.60. The van der Waals surface area contributed by atoms with E-state index in [-0.39, 0.29) is 5.78 Å². The average molecular weight is 170 g/mol. The highest BCUT2D eigenvalue weighted by molar-refractivity contribution is 5.96. The van der Waals surface area contributed by atoms with Gasteiger partial charge in [-0.2, -0.15) is 0 Å². The predicted molar refractivity (Wildman–Crippen MR) is 49.0 cm³/mol. The number of hydrogen-bond donors (Lipinski definition) is 0. The van der Waals surface area contributed by atoms with Crippen LogP contribution in [0.5, 0.6) is 0 Å². The minimum absolute atomic E-state index is 0.0150. The van der Waals surface area contributed by atoms with Gasteiger partial charge in [0.15, 0.2) is 0 Å². The van der Waals surface area contributed by atoms with Crippen LogP contribution in [0.25, 0.3) is 0 Å². The largest absolute Gasteiger partial charge is 0.302 e. The summed E-state index contributed by atoms with van der Waals surface area (Å²) in [7, 11) is 0. The lowest BCUT2D eigenvalue weighted by molar-refractivity contribution is -0.134. The summed E-state index contributed by atoms with van der Waals surface area (Å²) in [6.07, 6.45) is 4.00. The molecule has 0 saturated carbocycles. The minimum Gasteiger partial charge on any atom is -0.302 e. The monoisotopic (exact) mass is 170 g/mol. The molecule has 0 atom stereocenters. The molecule has 0 radical (unpaired) electrons. The van der Waals surface area contributed by atoms with Crippen molar-refractivity contribution in [3.63, 3.8) is 0 Å². The van der Waals surface area contributed by atoms with Gasteiger partial charge in [0.1, 0.15) is 12.1 Å². The molecule has 0 aliphatic carbocycles. The molecule has 0 bridgehead atoms. The Morgan fingerprint density at radius 1 is 1.25 bits per heavy atom. The van der Waals surface area contributed by atoms with Crippen molar-refractivity contribution in [1.82, 2.24) is 0 Å². The maximum atomic E-state index is 11.2. The van der Waals surface area contributed by atoms with Crippen molar-refractivity contribution < 1.29 is 9.59 Å². The summed E-state index contributed by atoms with van der Waals surface area (Å²) in [6, 6.07) is 0. The molecule has 70 valence electrons. The predicted octanol–water partition coefficient (Wildman–Crippen LogP) is 2.36. The summed E-state index contributed by atoms with van der Waals surface area (Å²) in [5.74, 6) is 0.0150. The molecule has 0 unspecified atom stereocenters. The van der Waals surface area contributed by atoms with Crippen molar-refractivity contribution in [2.45, 2.75) is 46.5 Å². The first-order valence-electron chi connectivity index (χ1n) is 4.60. The van der Waals surface area contributed by atoms with Crippen LogP contribution in [0.2, 0.25) is 0 Å². The van der Waals surface area contributed by atoms with Crippen LogP contribution in [0, 0.1) is 5.41 Å². The summed E-state index contributed by atoms with van der Waals surface area (Å²) in [4.78, 5) is 22.1. The van der Waals surface area contributed by atoms with E-state index in [2.05, 4.69) is 0 Å². The summed E-state index contributed by atoms with van der Waals surface area (Å²) in [5, 5.41) is 0. The van der Waals surface area contributed by atoms with E-state index in [0.717, 1.165) is 19.1 Å². The van der Waals surface area contributed by atoms with E-state index in [1.165, 1.54) is 6.92 Å². The molecule has 12 heavy (non-hydrogen) atoms. The van der Waals surface area contributed by atoms with Crippen LogP contribution < -0.4 is 0 Å². The molecule has 0 saturated heterocycles. The number of rotatable bonds is 6. The van der Waals surface area contributed by atoms with Gasteiger partial charge in [0.25, 0.3) is 0 Å². The first kappa shape index (κ1) is 11.3. The van der Waals surface area contributed by atoms with E-state index in [1.54, 1.807) is 0 Å². The van der Waals surface area contributed by atoms with Gasteiger partial charge in [-0.25, -0.2) is 0 Å². The van der Waals surface area contributed by atoms with Crippen LogP contribution in [-0.2, 0) is 9.59 Å². The summed E-state index contributed by atoms with van der Waals surface area (Å²) in [5.41, 5.74) is -0.677. The lowest BCUT2D eigenvalue weighted by Crippen LogP contribution is -2.30. The SMILES string of the molecule is CCCC(C=O)(CCC)C(C)=O. The van der Waals surface area contributed by atoms with Gasteiger partial charge in [0, 0.05) is 0 Å². The molecule has 0 heterocycles. The molecule has 0 N–H and O–H groups in total. The zero-order chi connectivity index (χ0) is 9.61. The van der Waals surface area contributed by atoms with Crippen molar-refractivity contribution in [3.8, 4) is 0 Å². The second-order valence-electron chi connectivity index (χ2n) is 3.33. The summed E-state index contributed by atoms with van der Waals surface area (Å²) >= 11 is 0. The van der Waals surface area contributed by atoms with Crippen LogP contribution in [0.15, 0.2) is 0 Å². The van der Waals surface area contributed by atoms with E-state index >= 15 is 0 Å². The van der Waals surface area contributed by atoms with Crippen LogP contribution >= 0.6 is 0 Å². The molecule has 2 nitrogen and oxygen atoms in total. The quantitative estimate of drug-likeness (QED) is 0.453. The Balaban J connectivity index is 4.50. The Labute approximate surface area is 74.3 Å². The van der Waals surface area contributed by atoms with Gasteiger partial charge in [-0.3, -0.25) is 4.79 Å². The van der Waals surface area contributed by atoms with Crippen LogP contribution in [-0.4, -0.2) is 12.1 Å². The van der Waals surface area contributed by atoms with Crippen LogP contribution in [0.4, 0.5) is 0 Å². The fourth-order valence-electron chi connectivity index (χ4n) is 1.57. The fraction of sp³-hybridized carbons (Fsp3) is 0.800. The molecule has 0 aromatic rings. The van der Waals surface area contributed by atoms with Crippen molar-refractivity contribution in [2.75, 3.05) is 0 Å². The molecule has 0 aromatic heterocycles. The third-order valence-electron chi connectivity index (χ3n) is 2.32. The van der Waals surface area contributed by atoms with Gasteiger partial charge in [-0.05, 0) is 19.8 Å².